The lowest BCUT2D eigenvalue weighted by molar-refractivity contribution is -0.154. The number of sulfone groups is 1. The highest BCUT2D eigenvalue weighted by Crippen LogP contribution is 2.27. The Morgan fingerprint density at radius 2 is 1.82 bits per heavy atom. The first-order chi connectivity index (χ1) is 15.5. The molecule has 0 bridgehead atoms. The minimum absolute atomic E-state index is 0.207. The SMILES string of the molecule is CS(=O)(=O)C1CN(c2ncc(N3CC[C@@H](Oc4ccc(OCC(F)(F)F)nc4)C3=O)cn2)C1. The van der Waals surface area contributed by atoms with E-state index in [0.717, 1.165) is 0 Å². The van der Waals surface area contributed by atoms with Crippen molar-refractivity contribution in [3.63, 3.8) is 0 Å². The molecule has 33 heavy (non-hydrogen) atoms. The first kappa shape index (κ1) is 23.0. The van der Waals surface area contributed by atoms with Crippen molar-refractivity contribution >= 4 is 27.4 Å². The predicted molar refractivity (Wildman–Crippen MR) is 110 cm³/mol. The molecule has 2 aliphatic heterocycles. The highest BCUT2D eigenvalue weighted by molar-refractivity contribution is 7.91. The molecule has 2 fully saturated rings. The highest BCUT2D eigenvalue weighted by atomic mass is 32.2. The van der Waals surface area contributed by atoms with Gasteiger partial charge in [0.15, 0.2) is 22.5 Å². The molecule has 0 N–H and O–H groups in total. The van der Waals surface area contributed by atoms with E-state index < -0.39 is 34.0 Å². The summed E-state index contributed by atoms with van der Waals surface area (Å²) in [5.41, 5.74) is 0.476. The van der Waals surface area contributed by atoms with Crippen LogP contribution in [-0.2, 0) is 14.6 Å². The summed E-state index contributed by atoms with van der Waals surface area (Å²) in [5.74, 6) is 0.0857. The van der Waals surface area contributed by atoms with Gasteiger partial charge in [-0.25, -0.2) is 23.4 Å². The van der Waals surface area contributed by atoms with Crippen molar-refractivity contribution in [3.05, 3.63) is 30.7 Å². The molecule has 0 aromatic carbocycles. The summed E-state index contributed by atoms with van der Waals surface area (Å²) < 4.78 is 69.8. The van der Waals surface area contributed by atoms with Crippen LogP contribution in [-0.4, -0.2) is 79.3 Å². The summed E-state index contributed by atoms with van der Waals surface area (Å²) >= 11 is 0. The molecule has 0 radical (unpaired) electrons. The van der Waals surface area contributed by atoms with Crippen LogP contribution in [0.2, 0.25) is 0 Å². The number of carbonyl (C=O) groups is 1. The molecule has 0 spiro atoms. The molecular formula is C19H20F3N5O5S. The van der Waals surface area contributed by atoms with Crippen LogP contribution in [0.1, 0.15) is 6.42 Å². The minimum Gasteiger partial charge on any atom is -0.479 e. The topological polar surface area (TPSA) is 115 Å². The molecule has 14 heteroatoms. The van der Waals surface area contributed by atoms with Gasteiger partial charge in [-0.05, 0) is 6.07 Å². The Morgan fingerprint density at radius 3 is 2.39 bits per heavy atom. The van der Waals surface area contributed by atoms with E-state index in [1.807, 2.05) is 0 Å². The van der Waals surface area contributed by atoms with Gasteiger partial charge in [0.05, 0.1) is 29.5 Å². The van der Waals surface area contributed by atoms with Crippen LogP contribution in [0.4, 0.5) is 24.8 Å². The lowest BCUT2D eigenvalue weighted by atomic mass is 10.2. The quantitative estimate of drug-likeness (QED) is 0.569. The van der Waals surface area contributed by atoms with Gasteiger partial charge in [0.1, 0.15) is 5.75 Å². The lowest BCUT2D eigenvalue weighted by Crippen LogP contribution is -2.55. The Morgan fingerprint density at radius 1 is 1.12 bits per heavy atom. The van der Waals surface area contributed by atoms with Gasteiger partial charge in [-0.3, -0.25) is 4.79 Å². The molecular weight excluding hydrogens is 467 g/mol. The van der Waals surface area contributed by atoms with Crippen molar-refractivity contribution in [3.8, 4) is 11.6 Å². The van der Waals surface area contributed by atoms with Crippen LogP contribution >= 0.6 is 0 Å². The Bertz CT molecular complexity index is 1110. The zero-order chi connectivity index (χ0) is 23.8. The van der Waals surface area contributed by atoms with Gasteiger partial charge in [0.25, 0.3) is 5.91 Å². The number of amides is 1. The zero-order valence-corrected chi connectivity index (χ0v) is 18.2. The molecule has 1 atom stereocenters. The van der Waals surface area contributed by atoms with Crippen molar-refractivity contribution in [1.29, 1.82) is 0 Å². The summed E-state index contributed by atoms with van der Waals surface area (Å²) in [6.45, 7) is -0.435. The zero-order valence-electron chi connectivity index (χ0n) is 17.4. The van der Waals surface area contributed by atoms with Gasteiger partial charge >= 0.3 is 6.18 Å². The van der Waals surface area contributed by atoms with Crippen LogP contribution in [0.5, 0.6) is 11.6 Å². The summed E-state index contributed by atoms with van der Waals surface area (Å²) in [6, 6.07) is 2.61. The van der Waals surface area contributed by atoms with Crippen LogP contribution in [0, 0.1) is 0 Å². The van der Waals surface area contributed by atoms with E-state index in [0.29, 0.717) is 37.7 Å². The molecule has 2 aromatic heterocycles. The molecule has 4 rings (SSSR count). The number of halogens is 3. The molecule has 2 aromatic rings. The summed E-state index contributed by atoms with van der Waals surface area (Å²) in [5, 5.41) is -0.432. The Balaban J connectivity index is 1.32. The van der Waals surface area contributed by atoms with E-state index in [2.05, 4.69) is 19.7 Å². The maximum absolute atomic E-state index is 12.7. The Labute approximate surface area is 187 Å². The van der Waals surface area contributed by atoms with Crippen molar-refractivity contribution in [2.24, 2.45) is 0 Å². The molecule has 178 valence electrons. The molecule has 4 heterocycles. The minimum atomic E-state index is -4.47. The number of ether oxygens (including phenoxy) is 2. The van der Waals surface area contributed by atoms with E-state index in [9.17, 15) is 26.4 Å². The molecule has 0 aliphatic carbocycles. The van der Waals surface area contributed by atoms with E-state index in [4.69, 9.17) is 4.74 Å². The number of carbonyl (C=O) groups excluding carboxylic acids is 1. The Hall–Kier alpha value is -3.16. The smallest absolute Gasteiger partial charge is 0.422 e. The van der Waals surface area contributed by atoms with Gasteiger partial charge in [0, 0.05) is 38.4 Å². The maximum Gasteiger partial charge on any atom is 0.422 e. The average molecular weight is 487 g/mol. The standard InChI is InChI=1S/C19H20F3N5O5S/c1-33(29,30)14-9-26(10-14)18-24-6-12(7-25-18)27-5-4-15(17(27)28)32-13-2-3-16(23-8-13)31-11-19(20,21)22/h2-3,6-8,14-15H,4-5,9-11H2,1H3/t15-/m1/s1. The van der Waals surface area contributed by atoms with Gasteiger partial charge in [0.2, 0.25) is 11.8 Å². The van der Waals surface area contributed by atoms with Crippen LogP contribution < -0.4 is 19.3 Å². The van der Waals surface area contributed by atoms with Crippen molar-refractivity contribution in [1.82, 2.24) is 15.0 Å². The molecule has 10 nitrogen and oxygen atoms in total. The van der Waals surface area contributed by atoms with Crippen molar-refractivity contribution in [2.45, 2.75) is 24.0 Å². The number of hydrogen-bond acceptors (Lipinski definition) is 9. The summed E-state index contributed by atoms with van der Waals surface area (Å²) in [4.78, 5) is 28.2. The number of hydrogen-bond donors (Lipinski definition) is 0. The molecule has 1 amide bonds. The Kier molecular flexibility index (Phi) is 6.03. The molecule has 2 saturated heterocycles. The van der Waals surface area contributed by atoms with Crippen LogP contribution in [0.25, 0.3) is 0 Å². The average Bonchev–Trinajstić information content (AvgIpc) is 3.05. The fourth-order valence-electron chi connectivity index (χ4n) is 3.35. The molecule has 0 saturated carbocycles. The number of anilines is 2. The first-order valence-corrected chi connectivity index (χ1v) is 11.8. The number of nitrogens with zero attached hydrogens (tertiary/aromatic N) is 5. The van der Waals surface area contributed by atoms with Gasteiger partial charge in [-0.15, -0.1) is 0 Å². The van der Waals surface area contributed by atoms with Crippen molar-refractivity contribution in [2.75, 3.05) is 42.3 Å². The highest BCUT2D eigenvalue weighted by Gasteiger charge is 2.37. The summed E-state index contributed by atoms with van der Waals surface area (Å²) in [7, 11) is -3.10. The van der Waals surface area contributed by atoms with Gasteiger partial charge < -0.3 is 19.3 Å². The van der Waals surface area contributed by atoms with Crippen LogP contribution in [0.15, 0.2) is 30.7 Å². The molecule has 0 unspecified atom stereocenters. The van der Waals surface area contributed by atoms with E-state index in [1.54, 1.807) is 4.90 Å². The molecule has 2 aliphatic rings. The van der Waals surface area contributed by atoms with E-state index >= 15 is 0 Å². The summed E-state index contributed by atoms with van der Waals surface area (Å²) in [6.07, 6.45) is 0.495. The third kappa shape index (κ3) is 5.43. The van der Waals surface area contributed by atoms with Gasteiger partial charge in [-0.1, -0.05) is 0 Å². The number of pyridine rings is 1. The van der Waals surface area contributed by atoms with Crippen molar-refractivity contribution < 1.29 is 35.9 Å². The fraction of sp³-hybridized carbons (Fsp3) is 0.474. The third-order valence-electron chi connectivity index (χ3n) is 5.20. The number of aromatic nitrogens is 3. The lowest BCUT2D eigenvalue weighted by Gasteiger charge is -2.37. The second-order valence-corrected chi connectivity index (χ2v) is 10.0. The normalized spacial score (nSPS) is 19.5. The monoisotopic (exact) mass is 487 g/mol. The van der Waals surface area contributed by atoms with E-state index in [-0.39, 0.29) is 17.5 Å². The van der Waals surface area contributed by atoms with Crippen LogP contribution in [0.3, 0.4) is 0 Å². The largest absolute Gasteiger partial charge is 0.479 e. The number of rotatable bonds is 7. The second-order valence-electron chi connectivity index (χ2n) is 7.72. The van der Waals surface area contributed by atoms with Gasteiger partial charge in [-0.2, -0.15) is 13.2 Å². The fourth-order valence-corrected chi connectivity index (χ4v) is 4.25. The maximum atomic E-state index is 12.7. The number of alkyl halides is 3. The third-order valence-corrected chi connectivity index (χ3v) is 6.71. The van der Waals surface area contributed by atoms with E-state index in [1.165, 1.54) is 41.9 Å². The second kappa shape index (κ2) is 8.65. The predicted octanol–water partition coefficient (Wildman–Crippen LogP) is 1.23. The first-order valence-electron chi connectivity index (χ1n) is 9.89.